The molecule has 0 spiro atoms. The van der Waals surface area contributed by atoms with Crippen LogP contribution >= 0.6 is 0 Å². The summed E-state index contributed by atoms with van der Waals surface area (Å²) in [5.74, 6) is 0.0972. The first kappa shape index (κ1) is 13.5. The second-order valence-corrected chi connectivity index (χ2v) is 5.92. The van der Waals surface area contributed by atoms with Gasteiger partial charge in [-0.1, -0.05) is 12.1 Å². The van der Waals surface area contributed by atoms with E-state index in [4.69, 9.17) is 0 Å². The number of aliphatic hydroxyl groups is 1. The zero-order chi connectivity index (χ0) is 13.3. The van der Waals surface area contributed by atoms with Gasteiger partial charge in [0.2, 0.25) is 0 Å². The molecule has 1 N–H and O–H groups in total. The van der Waals surface area contributed by atoms with Crippen LogP contribution in [-0.2, 0) is 0 Å². The largest absolute Gasteiger partial charge is 0.390 e. The molecule has 1 aliphatic rings. The number of hydrogen-bond acceptors (Lipinski definition) is 2. The normalized spacial score (nSPS) is 26.3. The number of halogens is 1. The number of nitrogens with zero attached hydrogens (tertiary/aromatic N) is 1. The predicted molar refractivity (Wildman–Crippen MR) is 70.8 cm³/mol. The van der Waals surface area contributed by atoms with Gasteiger partial charge in [0, 0.05) is 6.04 Å². The van der Waals surface area contributed by atoms with Crippen LogP contribution in [0.4, 0.5) is 4.39 Å². The summed E-state index contributed by atoms with van der Waals surface area (Å²) in [4.78, 5) is 2.29. The second kappa shape index (κ2) is 4.98. The predicted octanol–water partition coefficient (Wildman–Crippen LogP) is 2.98. The van der Waals surface area contributed by atoms with Crippen molar-refractivity contribution in [2.45, 2.75) is 38.3 Å². The molecule has 100 valence electrons. The maximum absolute atomic E-state index is 13.0. The van der Waals surface area contributed by atoms with Crippen molar-refractivity contribution in [3.8, 4) is 0 Å². The molecule has 18 heavy (non-hydrogen) atoms. The standard InChI is InChI=1S/C15H22FNO/c1-15(2,18)12-8-9-17(3)14(10-12)11-4-6-13(16)7-5-11/h4-7,12,14,18H,8-10H2,1-3H3/t12-,14+/m1/s1. The van der Waals surface area contributed by atoms with E-state index >= 15 is 0 Å². The molecule has 3 heteroatoms. The van der Waals surface area contributed by atoms with Crippen LogP contribution < -0.4 is 0 Å². The van der Waals surface area contributed by atoms with E-state index in [1.54, 1.807) is 0 Å². The number of likely N-dealkylation sites (tertiary alicyclic amines) is 1. The van der Waals surface area contributed by atoms with Gasteiger partial charge in [0.25, 0.3) is 0 Å². The van der Waals surface area contributed by atoms with Crippen LogP contribution in [0.25, 0.3) is 0 Å². The van der Waals surface area contributed by atoms with Gasteiger partial charge in [-0.25, -0.2) is 4.39 Å². The van der Waals surface area contributed by atoms with Crippen molar-refractivity contribution >= 4 is 0 Å². The number of benzene rings is 1. The van der Waals surface area contributed by atoms with Gasteiger partial charge in [-0.2, -0.15) is 0 Å². The van der Waals surface area contributed by atoms with Crippen LogP contribution in [0.2, 0.25) is 0 Å². The molecule has 2 atom stereocenters. The summed E-state index contributed by atoms with van der Waals surface area (Å²) in [6.07, 6.45) is 1.93. The molecule has 1 aromatic rings. The maximum atomic E-state index is 13.0. The van der Waals surface area contributed by atoms with E-state index in [9.17, 15) is 9.50 Å². The summed E-state index contributed by atoms with van der Waals surface area (Å²) in [6, 6.07) is 7.00. The molecule has 2 nitrogen and oxygen atoms in total. The maximum Gasteiger partial charge on any atom is 0.123 e. The lowest BCUT2D eigenvalue weighted by Crippen LogP contribution is -2.42. The summed E-state index contributed by atoms with van der Waals surface area (Å²) in [7, 11) is 2.09. The Hall–Kier alpha value is -0.930. The minimum Gasteiger partial charge on any atom is -0.390 e. The van der Waals surface area contributed by atoms with Crippen LogP contribution in [-0.4, -0.2) is 29.2 Å². The van der Waals surface area contributed by atoms with Gasteiger partial charge in [-0.15, -0.1) is 0 Å². The molecule has 1 fully saturated rings. The highest BCUT2D eigenvalue weighted by Crippen LogP contribution is 2.37. The summed E-state index contributed by atoms with van der Waals surface area (Å²) < 4.78 is 13.0. The van der Waals surface area contributed by atoms with Gasteiger partial charge in [-0.3, -0.25) is 4.90 Å². The minimum atomic E-state index is -0.639. The van der Waals surface area contributed by atoms with Crippen molar-refractivity contribution in [2.24, 2.45) is 5.92 Å². The molecule has 0 bridgehead atoms. The highest BCUT2D eigenvalue weighted by Gasteiger charge is 2.35. The Morgan fingerprint density at radius 1 is 1.28 bits per heavy atom. The quantitative estimate of drug-likeness (QED) is 0.873. The third-order valence-electron chi connectivity index (χ3n) is 4.12. The summed E-state index contributed by atoms with van der Waals surface area (Å²) in [5, 5.41) is 10.2. The average Bonchev–Trinajstić information content (AvgIpc) is 2.29. The minimum absolute atomic E-state index is 0.198. The molecule has 0 unspecified atom stereocenters. The molecule has 0 aromatic heterocycles. The third-order valence-corrected chi connectivity index (χ3v) is 4.12. The topological polar surface area (TPSA) is 23.5 Å². The first-order valence-electron chi connectivity index (χ1n) is 6.56. The first-order chi connectivity index (χ1) is 8.38. The van der Waals surface area contributed by atoms with Crippen LogP contribution in [0.15, 0.2) is 24.3 Å². The van der Waals surface area contributed by atoms with E-state index < -0.39 is 5.60 Å². The fourth-order valence-corrected chi connectivity index (χ4v) is 2.80. The van der Waals surface area contributed by atoms with Crippen molar-refractivity contribution in [3.63, 3.8) is 0 Å². The fourth-order valence-electron chi connectivity index (χ4n) is 2.80. The number of rotatable bonds is 2. The molecule has 1 aliphatic heterocycles. The van der Waals surface area contributed by atoms with Gasteiger partial charge in [0.15, 0.2) is 0 Å². The monoisotopic (exact) mass is 251 g/mol. The van der Waals surface area contributed by atoms with Crippen molar-refractivity contribution in [3.05, 3.63) is 35.6 Å². The van der Waals surface area contributed by atoms with Gasteiger partial charge in [-0.05, 0) is 63.9 Å². The summed E-state index contributed by atoms with van der Waals surface area (Å²) >= 11 is 0. The van der Waals surface area contributed by atoms with Crippen molar-refractivity contribution in [1.82, 2.24) is 4.90 Å². The Bertz CT molecular complexity index is 396. The van der Waals surface area contributed by atoms with E-state index in [-0.39, 0.29) is 11.9 Å². The molecular formula is C15H22FNO. The summed E-state index contributed by atoms with van der Waals surface area (Å²) in [5.41, 5.74) is 0.493. The fraction of sp³-hybridized carbons (Fsp3) is 0.600. The second-order valence-electron chi connectivity index (χ2n) is 5.92. The van der Waals surface area contributed by atoms with Gasteiger partial charge < -0.3 is 5.11 Å². The van der Waals surface area contributed by atoms with Crippen LogP contribution in [0, 0.1) is 11.7 Å². The lowest BCUT2D eigenvalue weighted by molar-refractivity contribution is -0.0246. The van der Waals surface area contributed by atoms with Crippen LogP contribution in [0.3, 0.4) is 0 Å². The first-order valence-corrected chi connectivity index (χ1v) is 6.56. The van der Waals surface area contributed by atoms with Crippen molar-refractivity contribution in [1.29, 1.82) is 0 Å². The summed E-state index contributed by atoms with van der Waals surface area (Å²) in [6.45, 7) is 4.73. The van der Waals surface area contributed by atoms with Gasteiger partial charge in [0.1, 0.15) is 5.82 Å². The molecule has 1 saturated heterocycles. The third kappa shape index (κ3) is 2.90. The van der Waals surface area contributed by atoms with Gasteiger partial charge in [0.05, 0.1) is 5.60 Å². The average molecular weight is 251 g/mol. The number of hydrogen-bond donors (Lipinski definition) is 1. The highest BCUT2D eigenvalue weighted by molar-refractivity contribution is 5.20. The van der Waals surface area contributed by atoms with Crippen LogP contribution in [0.5, 0.6) is 0 Å². The molecule has 2 rings (SSSR count). The lowest BCUT2D eigenvalue weighted by atomic mass is 9.78. The molecule has 0 aliphatic carbocycles. The van der Waals surface area contributed by atoms with E-state index in [2.05, 4.69) is 11.9 Å². The van der Waals surface area contributed by atoms with Crippen molar-refractivity contribution in [2.75, 3.05) is 13.6 Å². The molecule has 0 amide bonds. The lowest BCUT2D eigenvalue weighted by Gasteiger charge is -2.42. The van der Waals surface area contributed by atoms with E-state index in [1.807, 2.05) is 26.0 Å². The number of piperidine rings is 1. The molecule has 0 saturated carbocycles. The Labute approximate surface area is 108 Å². The molecule has 0 radical (unpaired) electrons. The molecular weight excluding hydrogens is 229 g/mol. The Morgan fingerprint density at radius 2 is 1.89 bits per heavy atom. The zero-order valence-corrected chi connectivity index (χ0v) is 11.4. The molecule has 1 aromatic carbocycles. The Kier molecular flexibility index (Phi) is 3.74. The molecule has 1 heterocycles. The highest BCUT2D eigenvalue weighted by atomic mass is 19.1. The van der Waals surface area contributed by atoms with Crippen LogP contribution in [0.1, 0.15) is 38.3 Å². The smallest absolute Gasteiger partial charge is 0.123 e. The Morgan fingerprint density at radius 3 is 2.44 bits per heavy atom. The van der Waals surface area contributed by atoms with E-state index in [1.165, 1.54) is 12.1 Å². The Balaban J connectivity index is 2.17. The zero-order valence-electron chi connectivity index (χ0n) is 11.4. The SMILES string of the molecule is CN1CC[C@@H](C(C)(C)O)C[C@H]1c1ccc(F)cc1. The van der Waals surface area contributed by atoms with Gasteiger partial charge >= 0.3 is 0 Å². The van der Waals surface area contributed by atoms with E-state index in [0.29, 0.717) is 5.92 Å². The van der Waals surface area contributed by atoms with E-state index in [0.717, 1.165) is 24.9 Å². The van der Waals surface area contributed by atoms with Crippen molar-refractivity contribution < 1.29 is 9.50 Å².